The lowest BCUT2D eigenvalue weighted by Crippen LogP contribution is -1.95. The van der Waals surface area contributed by atoms with Gasteiger partial charge in [-0.1, -0.05) is 12.2 Å². The third kappa shape index (κ3) is 4.24. The van der Waals surface area contributed by atoms with Gasteiger partial charge in [0.2, 0.25) is 0 Å². The third-order valence-corrected chi connectivity index (χ3v) is 2.63. The zero-order valence-electron chi connectivity index (χ0n) is 11.3. The lowest BCUT2D eigenvalue weighted by atomic mass is 10.2. The van der Waals surface area contributed by atoms with Crippen LogP contribution in [0.2, 0.25) is 0 Å². The molecule has 0 radical (unpaired) electrons. The molecule has 2 rings (SSSR count). The van der Waals surface area contributed by atoms with Crippen molar-refractivity contribution in [3.8, 4) is 5.75 Å². The van der Waals surface area contributed by atoms with Crippen LogP contribution in [0, 0.1) is 10.1 Å². The number of allylic oxidation sites excluding steroid dienone is 6. The average molecular weight is 283 g/mol. The molecule has 0 N–H and O–H groups in total. The molecule has 0 saturated heterocycles. The summed E-state index contributed by atoms with van der Waals surface area (Å²) in [7, 11) is 1.59. The van der Waals surface area contributed by atoms with E-state index >= 15 is 0 Å². The lowest BCUT2D eigenvalue weighted by molar-refractivity contribution is -0.419. The fourth-order valence-electron chi connectivity index (χ4n) is 1.54. The average Bonchev–Trinajstić information content (AvgIpc) is 2.46. The van der Waals surface area contributed by atoms with Crippen LogP contribution in [0.3, 0.4) is 0 Å². The van der Waals surface area contributed by atoms with Gasteiger partial charge in [-0.15, -0.1) is 0 Å². The van der Waals surface area contributed by atoms with Crippen molar-refractivity contribution in [1.82, 2.24) is 0 Å². The normalized spacial score (nSPS) is 22.3. The maximum absolute atomic E-state index is 10.7. The highest BCUT2D eigenvalue weighted by Crippen LogP contribution is 2.19. The Kier molecular flexibility index (Phi) is 4.76. The van der Waals surface area contributed by atoms with Crippen LogP contribution >= 0.6 is 0 Å². The van der Waals surface area contributed by atoms with Gasteiger partial charge < -0.3 is 4.74 Å². The Balaban J connectivity index is 2.13. The first-order valence-corrected chi connectivity index (χ1v) is 6.16. The SMILES string of the molecule is COc1ccc(N=NC2=C/C=C\C=C([N+](=O)[O-])/C=C\2)cc1. The topological polar surface area (TPSA) is 77.1 Å². The smallest absolute Gasteiger partial charge is 0.269 e. The molecular formula is C15H13N3O3. The molecule has 1 aromatic carbocycles. The zero-order valence-corrected chi connectivity index (χ0v) is 11.3. The molecule has 21 heavy (non-hydrogen) atoms. The summed E-state index contributed by atoms with van der Waals surface area (Å²) in [5, 5.41) is 18.9. The fourth-order valence-corrected chi connectivity index (χ4v) is 1.54. The number of hydrogen-bond donors (Lipinski definition) is 0. The minimum Gasteiger partial charge on any atom is -0.497 e. The molecule has 0 bridgehead atoms. The third-order valence-electron chi connectivity index (χ3n) is 2.63. The first-order chi connectivity index (χ1) is 10.2. The van der Waals surface area contributed by atoms with E-state index < -0.39 is 4.92 Å². The molecule has 106 valence electrons. The van der Waals surface area contributed by atoms with Crippen LogP contribution in [-0.2, 0) is 0 Å². The van der Waals surface area contributed by atoms with Crippen molar-refractivity contribution in [3.63, 3.8) is 0 Å². The van der Waals surface area contributed by atoms with Crippen LogP contribution in [0.1, 0.15) is 0 Å². The highest BCUT2D eigenvalue weighted by Gasteiger charge is 2.05. The van der Waals surface area contributed by atoms with Gasteiger partial charge in [-0.05, 0) is 36.4 Å². The lowest BCUT2D eigenvalue weighted by Gasteiger charge is -1.98. The minimum atomic E-state index is -0.454. The summed E-state index contributed by atoms with van der Waals surface area (Å²) in [6, 6.07) is 7.11. The molecule has 0 aliphatic heterocycles. The van der Waals surface area contributed by atoms with Crippen molar-refractivity contribution in [2.45, 2.75) is 0 Å². The van der Waals surface area contributed by atoms with Crippen molar-refractivity contribution in [2.75, 3.05) is 7.11 Å². The first-order valence-electron chi connectivity index (χ1n) is 6.16. The van der Waals surface area contributed by atoms with E-state index in [-0.39, 0.29) is 5.70 Å². The monoisotopic (exact) mass is 283 g/mol. The van der Waals surface area contributed by atoms with Crippen molar-refractivity contribution in [1.29, 1.82) is 0 Å². The summed E-state index contributed by atoms with van der Waals surface area (Å²) < 4.78 is 5.05. The molecule has 0 aromatic heterocycles. The summed E-state index contributed by atoms with van der Waals surface area (Å²) in [4.78, 5) is 10.3. The number of benzene rings is 1. The Labute approximate surface area is 121 Å². The van der Waals surface area contributed by atoms with Crippen LogP contribution in [0.5, 0.6) is 5.75 Å². The van der Waals surface area contributed by atoms with E-state index in [1.807, 2.05) is 0 Å². The number of azo groups is 1. The Bertz CT molecular complexity index is 668. The van der Waals surface area contributed by atoms with E-state index in [9.17, 15) is 10.1 Å². The molecular weight excluding hydrogens is 270 g/mol. The van der Waals surface area contributed by atoms with E-state index in [1.54, 1.807) is 55.7 Å². The van der Waals surface area contributed by atoms with Crippen LogP contribution in [-0.4, -0.2) is 12.0 Å². The minimum absolute atomic E-state index is 0.00324. The van der Waals surface area contributed by atoms with E-state index in [4.69, 9.17) is 4.74 Å². The number of rotatable bonds is 4. The van der Waals surface area contributed by atoms with Gasteiger partial charge in [-0.3, -0.25) is 10.1 Å². The van der Waals surface area contributed by atoms with Gasteiger partial charge in [0.15, 0.2) is 0 Å². The number of nitro groups is 1. The second kappa shape index (κ2) is 6.95. The largest absolute Gasteiger partial charge is 0.497 e. The van der Waals surface area contributed by atoms with Gasteiger partial charge in [-0.2, -0.15) is 10.2 Å². The molecule has 0 heterocycles. The molecule has 0 amide bonds. The number of ether oxygens (including phenoxy) is 1. The number of methoxy groups -OCH3 is 1. The predicted octanol–water partition coefficient (Wildman–Crippen LogP) is 3.95. The van der Waals surface area contributed by atoms with Crippen molar-refractivity contribution in [2.24, 2.45) is 10.2 Å². The Hall–Kier alpha value is -3.02. The summed E-state index contributed by atoms with van der Waals surface area (Å²) in [6.07, 6.45) is 9.34. The quantitative estimate of drug-likeness (QED) is 0.477. The molecule has 0 unspecified atom stereocenters. The summed E-state index contributed by atoms with van der Waals surface area (Å²) >= 11 is 0. The Morgan fingerprint density at radius 2 is 1.76 bits per heavy atom. The van der Waals surface area contributed by atoms with Gasteiger partial charge in [0.1, 0.15) is 5.75 Å². The van der Waals surface area contributed by atoms with E-state index in [2.05, 4.69) is 10.2 Å². The van der Waals surface area contributed by atoms with Gasteiger partial charge in [0.05, 0.1) is 23.4 Å². The van der Waals surface area contributed by atoms with Gasteiger partial charge in [0, 0.05) is 12.2 Å². The van der Waals surface area contributed by atoms with Crippen LogP contribution in [0.15, 0.2) is 82.3 Å². The molecule has 0 spiro atoms. The molecule has 6 nitrogen and oxygen atoms in total. The summed E-state index contributed by atoms with van der Waals surface area (Å²) in [5.74, 6) is 0.739. The molecule has 0 fully saturated rings. The second-order valence-corrected chi connectivity index (χ2v) is 4.06. The predicted molar refractivity (Wildman–Crippen MR) is 79.0 cm³/mol. The van der Waals surface area contributed by atoms with Crippen LogP contribution in [0.25, 0.3) is 0 Å². The van der Waals surface area contributed by atoms with E-state index in [0.29, 0.717) is 11.4 Å². The zero-order chi connectivity index (χ0) is 15.1. The summed E-state index contributed by atoms with van der Waals surface area (Å²) in [6.45, 7) is 0. The fraction of sp³-hybridized carbons (Fsp3) is 0.0667. The molecule has 1 aromatic rings. The van der Waals surface area contributed by atoms with E-state index in [0.717, 1.165) is 5.75 Å². The van der Waals surface area contributed by atoms with Crippen molar-refractivity contribution < 1.29 is 9.66 Å². The molecule has 0 atom stereocenters. The Morgan fingerprint density at radius 3 is 2.43 bits per heavy atom. The maximum Gasteiger partial charge on any atom is 0.269 e. The molecule has 1 aliphatic carbocycles. The molecule has 0 saturated carbocycles. The van der Waals surface area contributed by atoms with Crippen molar-refractivity contribution >= 4 is 5.69 Å². The number of nitrogens with zero attached hydrogens (tertiary/aromatic N) is 3. The highest BCUT2D eigenvalue weighted by atomic mass is 16.6. The molecule has 1 aliphatic rings. The van der Waals surface area contributed by atoms with Crippen LogP contribution in [0.4, 0.5) is 5.69 Å². The van der Waals surface area contributed by atoms with E-state index in [1.165, 1.54) is 12.2 Å². The first kappa shape index (κ1) is 14.4. The second-order valence-electron chi connectivity index (χ2n) is 4.06. The Morgan fingerprint density at radius 1 is 1.05 bits per heavy atom. The van der Waals surface area contributed by atoms with Gasteiger partial charge in [0.25, 0.3) is 5.70 Å². The standard InChI is InChI=1S/C15H13N3O3/c1-21-15-10-7-13(8-11-15)17-16-12-4-2-3-5-14(9-6-12)18(19)20/h2-11H,1H3/b3-2-,4-2?,5-3?,9-6-,12-4+,12-6?,14-5+,14-9?,17-16?. The van der Waals surface area contributed by atoms with Crippen LogP contribution < -0.4 is 4.74 Å². The van der Waals surface area contributed by atoms with Gasteiger partial charge >= 0.3 is 0 Å². The highest BCUT2D eigenvalue weighted by molar-refractivity contribution is 5.41. The van der Waals surface area contributed by atoms with Crippen molar-refractivity contribution in [3.05, 3.63) is 82.2 Å². The van der Waals surface area contributed by atoms with Gasteiger partial charge in [-0.25, -0.2) is 0 Å². The maximum atomic E-state index is 10.7. The number of hydrogen-bond acceptors (Lipinski definition) is 5. The summed E-state index contributed by atoms with van der Waals surface area (Å²) in [5.41, 5.74) is 1.19. The molecule has 6 heteroatoms.